The number of nitrogens with zero attached hydrogens (tertiary/aromatic N) is 2. The first-order chi connectivity index (χ1) is 13.5. The van der Waals surface area contributed by atoms with Gasteiger partial charge in [0.2, 0.25) is 11.8 Å². The minimum Gasteiger partial charge on any atom is -0.493 e. The second kappa shape index (κ2) is 8.67. The summed E-state index contributed by atoms with van der Waals surface area (Å²) in [6, 6.07) is 5.73. The molecule has 1 spiro atoms. The normalized spacial score (nSPS) is 21.9. The number of benzene rings is 1. The van der Waals surface area contributed by atoms with Gasteiger partial charge in [0.25, 0.3) is 0 Å². The zero-order valence-corrected chi connectivity index (χ0v) is 16.9. The molecular weight excluding hydrogens is 356 g/mol. The minimum absolute atomic E-state index is 0.121. The number of carbonyl (C=O) groups is 2. The van der Waals surface area contributed by atoms with Crippen molar-refractivity contribution in [3.63, 3.8) is 0 Å². The summed E-state index contributed by atoms with van der Waals surface area (Å²) >= 11 is 0. The van der Waals surface area contributed by atoms with Crippen LogP contribution in [0.2, 0.25) is 0 Å². The molecule has 2 heterocycles. The van der Waals surface area contributed by atoms with E-state index in [1.807, 2.05) is 28.0 Å². The number of carbonyl (C=O) groups excluding carboxylic acids is 2. The van der Waals surface area contributed by atoms with Crippen molar-refractivity contribution < 1.29 is 19.1 Å². The lowest BCUT2D eigenvalue weighted by molar-refractivity contribution is -0.146. The molecule has 2 amide bonds. The molecule has 0 bridgehead atoms. The number of rotatable bonds is 7. The highest BCUT2D eigenvalue weighted by molar-refractivity contribution is 5.86. The third kappa shape index (κ3) is 3.86. The number of methoxy groups -OCH3 is 2. The Bertz CT molecular complexity index is 748. The van der Waals surface area contributed by atoms with Crippen LogP contribution >= 0.6 is 0 Å². The molecule has 0 N–H and O–H groups in total. The number of amides is 2. The number of para-hydroxylation sites is 1. The van der Waals surface area contributed by atoms with Crippen LogP contribution in [0.25, 0.3) is 0 Å². The van der Waals surface area contributed by atoms with Crippen LogP contribution in [0.4, 0.5) is 0 Å². The minimum atomic E-state index is -0.436. The van der Waals surface area contributed by atoms with Gasteiger partial charge in [0.1, 0.15) is 0 Å². The van der Waals surface area contributed by atoms with Crippen LogP contribution in [-0.4, -0.2) is 55.5 Å². The smallest absolute Gasteiger partial charge is 0.230 e. The van der Waals surface area contributed by atoms with Crippen LogP contribution in [-0.2, 0) is 16.1 Å². The second-order valence-electron chi connectivity index (χ2n) is 7.66. The maximum atomic E-state index is 13.4. The fourth-order valence-corrected chi connectivity index (χ4v) is 4.43. The summed E-state index contributed by atoms with van der Waals surface area (Å²) in [5.74, 6) is 1.61. The van der Waals surface area contributed by atoms with Gasteiger partial charge in [-0.25, -0.2) is 0 Å². The number of allylic oxidation sites excluding steroid dienone is 1. The van der Waals surface area contributed by atoms with Gasteiger partial charge in [-0.3, -0.25) is 9.59 Å². The van der Waals surface area contributed by atoms with Crippen molar-refractivity contribution in [3.05, 3.63) is 36.4 Å². The molecule has 0 saturated carbocycles. The van der Waals surface area contributed by atoms with Crippen LogP contribution in [0.3, 0.4) is 0 Å². The lowest BCUT2D eigenvalue weighted by Gasteiger charge is -2.39. The van der Waals surface area contributed by atoms with Gasteiger partial charge in [-0.1, -0.05) is 18.2 Å². The van der Waals surface area contributed by atoms with Gasteiger partial charge in [-0.2, -0.15) is 0 Å². The highest BCUT2D eigenvalue weighted by Crippen LogP contribution is 2.41. The predicted molar refractivity (Wildman–Crippen MR) is 107 cm³/mol. The second-order valence-corrected chi connectivity index (χ2v) is 7.66. The number of piperidine rings is 1. The molecule has 1 atom stereocenters. The molecule has 0 radical (unpaired) electrons. The van der Waals surface area contributed by atoms with Gasteiger partial charge in [0.05, 0.1) is 19.6 Å². The van der Waals surface area contributed by atoms with E-state index in [1.54, 1.807) is 20.3 Å². The van der Waals surface area contributed by atoms with E-state index >= 15 is 0 Å². The molecule has 2 fully saturated rings. The predicted octanol–water partition coefficient (Wildman–Crippen LogP) is 3.01. The van der Waals surface area contributed by atoms with Crippen LogP contribution < -0.4 is 9.47 Å². The molecule has 152 valence electrons. The summed E-state index contributed by atoms with van der Waals surface area (Å²) in [7, 11) is 3.23. The first-order valence-electron chi connectivity index (χ1n) is 9.92. The lowest BCUT2D eigenvalue weighted by atomic mass is 9.78. The van der Waals surface area contributed by atoms with Crippen molar-refractivity contribution in [1.29, 1.82) is 0 Å². The average molecular weight is 386 g/mol. The quantitative estimate of drug-likeness (QED) is 0.676. The Kier molecular flexibility index (Phi) is 6.27. The summed E-state index contributed by atoms with van der Waals surface area (Å²) in [5.41, 5.74) is 0.498. The van der Waals surface area contributed by atoms with E-state index < -0.39 is 5.41 Å². The molecule has 28 heavy (non-hydrogen) atoms. The fraction of sp³-hybridized carbons (Fsp3) is 0.545. The largest absolute Gasteiger partial charge is 0.493 e. The van der Waals surface area contributed by atoms with Gasteiger partial charge in [0.15, 0.2) is 11.5 Å². The Morgan fingerprint density at radius 2 is 2.07 bits per heavy atom. The molecule has 6 nitrogen and oxygen atoms in total. The van der Waals surface area contributed by atoms with E-state index in [9.17, 15) is 9.59 Å². The molecule has 0 aromatic heterocycles. The molecule has 1 aromatic rings. The monoisotopic (exact) mass is 386 g/mol. The van der Waals surface area contributed by atoms with E-state index in [1.165, 1.54) is 0 Å². The highest BCUT2D eigenvalue weighted by Gasteiger charge is 2.49. The Morgan fingerprint density at radius 1 is 1.25 bits per heavy atom. The van der Waals surface area contributed by atoms with Crippen LogP contribution in [0.1, 0.15) is 37.7 Å². The number of ether oxygens (including phenoxy) is 2. The zero-order valence-electron chi connectivity index (χ0n) is 16.9. The standard InChI is InChI=1S/C22H30N2O4/c1-4-5-10-19(25)24-14-12-22(16-24)11-7-13-23(21(22)26)15-17-8-6-9-18(27-2)20(17)28-3/h4,6,8-9H,1,5,7,10-16H2,2-3H3. The average Bonchev–Trinajstić information content (AvgIpc) is 3.14. The number of hydrogen-bond donors (Lipinski definition) is 0. The van der Waals surface area contributed by atoms with E-state index in [4.69, 9.17) is 9.47 Å². The molecule has 2 aliphatic heterocycles. The van der Waals surface area contributed by atoms with Crippen molar-refractivity contribution in [2.75, 3.05) is 33.9 Å². The zero-order chi connectivity index (χ0) is 20.1. The summed E-state index contributed by atoms with van der Waals surface area (Å²) in [6.45, 7) is 6.10. The SMILES string of the molecule is C=CCCC(=O)N1CCC2(CCCN(Cc3cccc(OC)c3OC)C2=O)C1. The van der Waals surface area contributed by atoms with Gasteiger partial charge >= 0.3 is 0 Å². The maximum Gasteiger partial charge on any atom is 0.230 e. The molecule has 2 saturated heterocycles. The first-order valence-corrected chi connectivity index (χ1v) is 9.92. The fourth-order valence-electron chi connectivity index (χ4n) is 4.43. The molecule has 0 aliphatic carbocycles. The van der Waals surface area contributed by atoms with Crippen molar-refractivity contribution in [2.24, 2.45) is 5.41 Å². The maximum absolute atomic E-state index is 13.4. The van der Waals surface area contributed by atoms with E-state index in [0.29, 0.717) is 44.0 Å². The summed E-state index contributed by atoms with van der Waals surface area (Å²) < 4.78 is 10.9. The van der Waals surface area contributed by atoms with Crippen molar-refractivity contribution in [2.45, 2.75) is 38.6 Å². The number of hydrogen-bond acceptors (Lipinski definition) is 4. The molecule has 1 unspecified atom stereocenters. The van der Waals surface area contributed by atoms with Crippen molar-refractivity contribution in [1.82, 2.24) is 9.80 Å². The van der Waals surface area contributed by atoms with Crippen LogP contribution in [0.15, 0.2) is 30.9 Å². The van der Waals surface area contributed by atoms with E-state index in [0.717, 1.165) is 31.4 Å². The van der Waals surface area contributed by atoms with Crippen molar-refractivity contribution in [3.8, 4) is 11.5 Å². The van der Waals surface area contributed by atoms with Gasteiger partial charge in [-0.15, -0.1) is 6.58 Å². The molecule has 1 aromatic carbocycles. The Morgan fingerprint density at radius 3 is 2.79 bits per heavy atom. The first kappa shape index (κ1) is 20.2. The molecule has 3 rings (SSSR count). The summed E-state index contributed by atoms with van der Waals surface area (Å²) in [5, 5.41) is 0. The molecule has 6 heteroatoms. The third-order valence-corrected chi connectivity index (χ3v) is 5.94. The molecular formula is C22H30N2O4. The highest BCUT2D eigenvalue weighted by atomic mass is 16.5. The van der Waals surface area contributed by atoms with Gasteiger partial charge in [-0.05, 0) is 31.7 Å². The van der Waals surface area contributed by atoms with Crippen LogP contribution in [0.5, 0.6) is 11.5 Å². The lowest BCUT2D eigenvalue weighted by Crippen LogP contribution is -2.50. The topological polar surface area (TPSA) is 59.1 Å². The van der Waals surface area contributed by atoms with Gasteiger partial charge < -0.3 is 19.3 Å². The van der Waals surface area contributed by atoms with Crippen molar-refractivity contribution >= 4 is 11.8 Å². The van der Waals surface area contributed by atoms with Crippen LogP contribution in [0, 0.1) is 5.41 Å². The number of likely N-dealkylation sites (tertiary alicyclic amines) is 2. The van der Waals surface area contributed by atoms with E-state index in [-0.39, 0.29) is 11.8 Å². The molecule has 2 aliphatic rings. The Balaban J connectivity index is 1.73. The third-order valence-electron chi connectivity index (χ3n) is 5.94. The summed E-state index contributed by atoms with van der Waals surface area (Å²) in [6.07, 6.45) is 5.46. The summed E-state index contributed by atoms with van der Waals surface area (Å²) in [4.78, 5) is 29.5. The Hall–Kier alpha value is -2.50. The van der Waals surface area contributed by atoms with Gasteiger partial charge in [0, 0.05) is 38.2 Å². The van der Waals surface area contributed by atoms with E-state index in [2.05, 4.69) is 6.58 Å². The Labute approximate surface area is 167 Å².